The second-order valence-corrected chi connectivity index (χ2v) is 9.70. The lowest BCUT2D eigenvalue weighted by molar-refractivity contribution is -0.138. The van der Waals surface area contributed by atoms with E-state index in [9.17, 15) is 36.6 Å². The smallest absolute Gasteiger partial charge is 0.416 e. The van der Waals surface area contributed by atoms with E-state index in [1.807, 2.05) is 0 Å². The van der Waals surface area contributed by atoms with Crippen LogP contribution in [0.2, 0.25) is 0 Å². The minimum Gasteiger partial charge on any atom is -0.507 e. The van der Waals surface area contributed by atoms with Crippen LogP contribution >= 0.6 is 0 Å². The van der Waals surface area contributed by atoms with Crippen molar-refractivity contribution in [2.75, 3.05) is 0 Å². The number of phenols is 1. The van der Waals surface area contributed by atoms with Crippen molar-refractivity contribution in [3.63, 3.8) is 0 Å². The van der Waals surface area contributed by atoms with Gasteiger partial charge >= 0.3 is 12.1 Å². The summed E-state index contributed by atoms with van der Waals surface area (Å²) >= 11 is 0. The number of carboxylic acids is 1. The summed E-state index contributed by atoms with van der Waals surface area (Å²) in [5.74, 6) is -3.05. The van der Waals surface area contributed by atoms with Crippen molar-refractivity contribution in [3.8, 4) is 5.75 Å². The molecule has 0 atom stereocenters. The van der Waals surface area contributed by atoms with Crippen LogP contribution in [0.5, 0.6) is 5.75 Å². The summed E-state index contributed by atoms with van der Waals surface area (Å²) in [6.07, 6.45) is -4.74. The van der Waals surface area contributed by atoms with Gasteiger partial charge in [-0.15, -0.1) is 0 Å². The molecule has 2 aromatic carbocycles. The summed E-state index contributed by atoms with van der Waals surface area (Å²) in [5, 5.41) is 19.8. The molecule has 0 saturated carbocycles. The van der Waals surface area contributed by atoms with Gasteiger partial charge in [0.15, 0.2) is 9.84 Å². The summed E-state index contributed by atoms with van der Waals surface area (Å²) in [5.41, 5.74) is -3.07. The number of rotatable bonds is 4. The Kier molecular flexibility index (Phi) is 5.77. The fourth-order valence-electron chi connectivity index (χ4n) is 3.10. The Morgan fingerprint density at radius 2 is 1.62 bits per heavy atom. The molecular formula is C20H21F3O5S. The molecule has 0 amide bonds. The number of sulfone groups is 1. The lowest BCUT2D eigenvalue weighted by Crippen LogP contribution is -2.18. The Bertz CT molecular complexity index is 1060. The van der Waals surface area contributed by atoms with Crippen LogP contribution in [0, 0.1) is 6.92 Å². The molecule has 0 bridgehead atoms. The van der Waals surface area contributed by atoms with Crippen LogP contribution in [0.1, 0.15) is 53.4 Å². The van der Waals surface area contributed by atoms with Gasteiger partial charge in [-0.05, 0) is 35.6 Å². The van der Waals surface area contributed by atoms with Crippen molar-refractivity contribution in [1.29, 1.82) is 0 Å². The summed E-state index contributed by atoms with van der Waals surface area (Å²) < 4.78 is 65.8. The van der Waals surface area contributed by atoms with Gasteiger partial charge in [-0.25, -0.2) is 13.2 Å². The molecule has 0 aromatic heterocycles. The van der Waals surface area contributed by atoms with E-state index < -0.39 is 60.5 Å². The maximum atomic E-state index is 13.2. The molecule has 2 rings (SSSR count). The molecule has 0 fully saturated rings. The third-order valence-corrected chi connectivity index (χ3v) is 6.32. The van der Waals surface area contributed by atoms with Crippen LogP contribution in [0.3, 0.4) is 0 Å². The Morgan fingerprint density at radius 3 is 2.10 bits per heavy atom. The zero-order chi connectivity index (χ0) is 22.4. The molecule has 158 valence electrons. The number of alkyl halides is 3. The van der Waals surface area contributed by atoms with E-state index in [-0.39, 0.29) is 11.1 Å². The summed E-state index contributed by atoms with van der Waals surface area (Å²) in [6, 6.07) is 5.46. The Balaban J connectivity index is 2.75. The number of carbonyl (C=O) groups is 1. The number of aromatic hydroxyl groups is 1. The summed E-state index contributed by atoms with van der Waals surface area (Å²) in [7, 11) is -4.36. The number of halogens is 3. The number of carboxylic acid groups (broad SMARTS) is 1. The average molecular weight is 430 g/mol. The molecule has 0 unspecified atom stereocenters. The molecule has 0 aliphatic rings. The van der Waals surface area contributed by atoms with Crippen LogP contribution in [0.25, 0.3) is 0 Å². The van der Waals surface area contributed by atoms with Gasteiger partial charge in [-0.1, -0.05) is 39.0 Å². The lowest BCUT2D eigenvalue weighted by atomic mass is 9.84. The Hall–Kier alpha value is -2.55. The standard InChI is InChI=1S/C20H21F3O5S/c1-11-15(9-14(19(2,3)4)17(24)16(11)18(25)26)29(27,28)10-12-7-5-6-8-13(12)20(21,22)23/h5-9,24H,10H2,1-4H3,(H,25,26). The largest absolute Gasteiger partial charge is 0.507 e. The predicted octanol–water partition coefficient (Wildman–Crippen LogP) is 4.69. The van der Waals surface area contributed by atoms with Gasteiger partial charge < -0.3 is 10.2 Å². The van der Waals surface area contributed by atoms with Crippen molar-refractivity contribution in [2.45, 2.75) is 49.9 Å². The molecule has 0 radical (unpaired) electrons. The topological polar surface area (TPSA) is 91.7 Å². The molecule has 0 saturated heterocycles. The maximum absolute atomic E-state index is 13.2. The normalized spacial score (nSPS) is 12.8. The zero-order valence-corrected chi connectivity index (χ0v) is 17.1. The van der Waals surface area contributed by atoms with Crippen molar-refractivity contribution in [3.05, 3.63) is 58.1 Å². The summed E-state index contributed by atoms with van der Waals surface area (Å²) in [4.78, 5) is 11.2. The molecule has 0 aliphatic heterocycles. The van der Waals surface area contributed by atoms with Crippen molar-refractivity contribution in [1.82, 2.24) is 0 Å². The summed E-state index contributed by atoms with van der Waals surface area (Å²) in [6.45, 7) is 6.16. The second kappa shape index (κ2) is 7.37. The third-order valence-electron chi connectivity index (χ3n) is 4.54. The minimum atomic E-state index is -4.74. The molecule has 29 heavy (non-hydrogen) atoms. The van der Waals surface area contributed by atoms with Gasteiger partial charge in [0.2, 0.25) is 0 Å². The van der Waals surface area contributed by atoms with E-state index in [0.717, 1.165) is 24.3 Å². The van der Waals surface area contributed by atoms with Gasteiger partial charge in [-0.3, -0.25) is 0 Å². The highest BCUT2D eigenvalue weighted by atomic mass is 32.2. The highest BCUT2D eigenvalue weighted by Crippen LogP contribution is 2.40. The fourth-order valence-corrected chi connectivity index (χ4v) is 4.79. The Morgan fingerprint density at radius 1 is 1.07 bits per heavy atom. The van der Waals surface area contributed by atoms with Crippen molar-refractivity contribution in [2.24, 2.45) is 0 Å². The molecule has 0 heterocycles. The molecule has 9 heteroatoms. The van der Waals surface area contributed by atoms with Crippen LogP contribution < -0.4 is 0 Å². The molecule has 0 spiro atoms. The van der Waals surface area contributed by atoms with E-state index >= 15 is 0 Å². The first-order valence-electron chi connectivity index (χ1n) is 8.55. The van der Waals surface area contributed by atoms with Gasteiger partial charge in [0.1, 0.15) is 11.3 Å². The van der Waals surface area contributed by atoms with Crippen LogP contribution in [-0.4, -0.2) is 24.6 Å². The molecule has 0 aliphatic carbocycles. The van der Waals surface area contributed by atoms with Crippen LogP contribution in [0.4, 0.5) is 13.2 Å². The molecule has 5 nitrogen and oxygen atoms in total. The van der Waals surface area contributed by atoms with Crippen molar-refractivity contribution >= 4 is 15.8 Å². The molecule has 2 aromatic rings. The average Bonchev–Trinajstić information content (AvgIpc) is 2.52. The first-order chi connectivity index (χ1) is 13.1. The van der Waals surface area contributed by atoms with E-state index in [2.05, 4.69) is 0 Å². The van der Waals surface area contributed by atoms with Gasteiger partial charge in [-0.2, -0.15) is 13.2 Å². The third kappa shape index (κ3) is 4.55. The predicted molar refractivity (Wildman–Crippen MR) is 101 cm³/mol. The first kappa shape index (κ1) is 22.7. The molecular weight excluding hydrogens is 409 g/mol. The number of benzene rings is 2. The first-order valence-corrected chi connectivity index (χ1v) is 10.2. The van der Waals surface area contributed by atoms with Gasteiger partial charge in [0, 0.05) is 5.56 Å². The number of aromatic carboxylic acids is 1. The van der Waals surface area contributed by atoms with Crippen LogP contribution in [0.15, 0.2) is 35.2 Å². The van der Waals surface area contributed by atoms with E-state index in [4.69, 9.17) is 0 Å². The number of hydrogen-bond donors (Lipinski definition) is 2. The fraction of sp³-hybridized carbons (Fsp3) is 0.350. The SMILES string of the molecule is Cc1c(S(=O)(=O)Cc2ccccc2C(F)(F)F)cc(C(C)(C)C)c(O)c1C(=O)O. The van der Waals surface area contributed by atoms with Gasteiger partial charge in [0.25, 0.3) is 0 Å². The molecule has 2 N–H and O–H groups in total. The van der Waals surface area contributed by atoms with Gasteiger partial charge in [0.05, 0.1) is 16.2 Å². The van der Waals surface area contributed by atoms with E-state index in [0.29, 0.717) is 0 Å². The second-order valence-electron chi connectivity index (χ2n) is 7.74. The van der Waals surface area contributed by atoms with E-state index in [1.54, 1.807) is 20.8 Å². The van der Waals surface area contributed by atoms with Crippen LogP contribution in [-0.2, 0) is 27.2 Å². The van der Waals surface area contributed by atoms with Crippen molar-refractivity contribution < 1.29 is 36.6 Å². The minimum absolute atomic E-state index is 0.0724. The lowest BCUT2D eigenvalue weighted by Gasteiger charge is -2.24. The monoisotopic (exact) mass is 430 g/mol. The highest BCUT2D eigenvalue weighted by Gasteiger charge is 2.35. The maximum Gasteiger partial charge on any atom is 0.416 e. The number of hydrogen-bond acceptors (Lipinski definition) is 4. The Labute approximate surface area is 166 Å². The zero-order valence-electron chi connectivity index (χ0n) is 16.3. The van der Waals surface area contributed by atoms with E-state index in [1.165, 1.54) is 13.0 Å². The quantitative estimate of drug-likeness (QED) is 0.734. The highest BCUT2D eigenvalue weighted by molar-refractivity contribution is 7.90.